The average molecular weight is 489 g/mol. The van der Waals surface area contributed by atoms with Crippen LogP contribution in [-0.2, 0) is 17.6 Å². The highest BCUT2D eigenvalue weighted by atomic mass is 19.4. The lowest BCUT2D eigenvalue weighted by Crippen LogP contribution is -2.38. The molecule has 0 atom stereocenters. The number of benzene rings is 1. The Hall–Kier alpha value is -3.43. The van der Waals surface area contributed by atoms with Crippen molar-refractivity contribution in [3.05, 3.63) is 58.7 Å². The number of aryl methyl sites for hydroxylation is 2. The van der Waals surface area contributed by atoms with Crippen molar-refractivity contribution in [2.24, 2.45) is 0 Å². The number of halogens is 4. The maximum atomic E-state index is 15.1. The van der Waals surface area contributed by atoms with E-state index in [1.165, 1.54) is 18.3 Å². The van der Waals surface area contributed by atoms with Crippen molar-refractivity contribution in [3.63, 3.8) is 0 Å². The maximum Gasteiger partial charge on any atom is 0.573 e. The topological polar surface area (TPSA) is 75.3 Å². The predicted octanol–water partition coefficient (Wildman–Crippen LogP) is 5.07. The van der Waals surface area contributed by atoms with Crippen LogP contribution in [0.1, 0.15) is 58.8 Å². The number of likely N-dealkylation sites (tertiary alicyclic amines) is 1. The number of pyridine rings is 1. The van der Waals surface area contributed by atoms with Gasteiger partial charge in [-0.3, -0.25) is 9.59 Å². The Bertz CT molecular complexity index is 1280. The summed E-state index contributed by atoms with van der Waals surface area (Å²) < 4.78 is 56.0. The van der Waals surface area contributed by atoms with Gasteiger partial charge in [0, 0.05) is 48.1 Å². The first-order chi connectivity index (χ1) is 16.7. The maximum absolute atomic E-state index is 15.1. The van der Waals surface area contributed by atoms with Gasteiger partial charge in [0.05, 0.1) is 6.20 Å². The largest absolute Gasteiger partial charge is 0.573 e. The quantitative estimate of drug-likeness (QED) is 0.412. The van der Waals surface area contributed by atoms with E-state index in [1.807, 2.05) is 0 Å². The number of ether oxygens (including phenoxy) is 1. The van der Waals surface area contributed by atoms with Crippen molar-refractivity contribution < 1.29 is 31.9 Å². The van der Waals surface area contributed by atoms with E-state index >= 15 is 4.39 Å². The third-order valence-electron chi connectivity index (χ3n) is 6.84. The molecule has 2 aliphatic rings. The van der Waals surface area contributed by atoms with Crippen LogP contribution in [0.2, 0.25) is 0 Å². The number of H-pyrrole nitrogens is 1. The summed E-state index contributed by atoms with van der Waals surface area (Å²) in [5.41, 5.74) is 3.38. The molecule has 1 amide bonds. The van der Waals surface area contributed by atoms with Crippen LogP contribution in [0.5, 0.6) is 5.75 Å². The summed E-state index contributed by atoms with van der Waals surface area (Å²) in [5, 5.41) is 0.764. The molecule has 0 saturated carbocycles. The van der Waals surface area contributed by atoms with Crippen molar-refractivity contribution in [2.45, 2.75) is 50.8 Å². The zero-order valence-corrected chi connectivity index (χ0v) is 18.8. The molecule has 2 aromatic heterocycles. The summed E-state index contributed by atoms with van der Waals surface area (Å²) in [6, 6.07) is 4.83. The fourth-order valence-electron chi connectivity index (χ4n) is 5.17. The van der Waals surface area contributed by atoms with Crippen LogP contribution in [0.15, 0.2) is 30.5 Å². The molecule has 10 heteroatoms. The molecule has 0 unspecified atom stereocenters. The van der Waals surface area contributed by atoms with Crippen LogP contribution in [0.25, 0.3) is 11.0 Å². The Balaban J connectivity index is 1.33. The molecule has 0 radical (unpaired) electrons. The Labute approximate surface area is 198 Å². The van der Waals surface area contributed by atoms with Gasteiger partial charge in [-0.05, 0) is 61.4 Å². The molecular formula is C25H23F4N3O3. The average Bonchev–Trinajstić information content (AvgIpc) is 3.07. The highest BCUT2D eigenvalue weighted by molar-refractivity contribution is 5.94. The van der Waals surface area contributed by atoms with Gasteiger partial charge >= 0.3 is 6.36 Å². The molecule has 5 rings (SSSR count). The van der Waals surface area contributed by atoms with Crippen molar-refractivity contribution in [2.75, 3.05) is 13.1 Å². The second-order valence-corrected chi connectivity index (χ2v) is 9.00. The van der Waals surface area contributed by atoms with Gasteiger partial charge in [0.15, 0.2) is 0 Å². The monoisotopic (exact) mass is 489 g/mol. The molecule has 1 aliphatic carbocycles. The first-order valence-corrected chi connectivity index (χ1v) is 11.5. The molecule has 3 aromatic rings. The number of nitrogens with zero attached hydrogens (tertiary/aromatic N) is 2. The first kappa shape index (κ1) is 23.3. The number of rotatable bonds is 3. The number of carbonyl (C=O) groups is 2. The van der Waals surface area contributed by atoms with Gasteiger partial charge in [0.1, 0.15) is 23.0 Å². The van der Waals surface area contributed by atoms with Crippen LogP contribution >= 0.6 is 0 Å². The number of aromatic amines is 1. The summed E-state index contributed by atoms with van der Waals surface area (Å²) in [4.78, 5) is 34.0. The molecule has 1 aromatic carbocycles. The Kier molecular flexibility index (Phi) is 5.98. The van der Waals surface area contributed by atoms with Crippen molar-refractivity contribution in [1.82, 2.24) is 14.9 Å². The summed E-state index contributed by atoms with van der Waals surface area (Å²) >= 11 is 0. The first-order valence-electron chi connectivity index (χ1n) is 11.5. The van der Waals surface area contributed by atoms with Gasteiger partial charge in [-0.25, -0.2) is 9.37 Å². The third-order valence-corrected chi connectivity index (χ3v) is 6.84. The molecule has 0 spiro atoms. The molecule has 1 aliphatic heterocycles. The number of piperidine rings is 1. The number of hydrogen-bond acceptors (Lipinski definition) is 4. The van der Waals surface area contributed by atoms with Gasteiger partial charge in [-0.15, -0.1) is 13.2 Å². The number of carbonyl (C=O) groups excluding carboxylic acids is 2. The highest BCUT2D eigenvalue weighted by Crippen LogP contribution is 2.38. The molecule has 0 bridgehead atoms. The SMILES string of the molecule is O=C1CCc2[nH]c3ncc(F)c(C4CCN(C(=O)c5ccc(OC(F)(F)F)cc5)CC4)c3c2CC1. The second-order valence-electron chi connectivity index (χ2n) is 9.00. The van der Waals surface area contributed by atoms with Crippen LogP contribution in [0.4, 0.5) is 17.6 Å². The Morgan fingerprint density at radius 3 is 2.43 bits per heavy atom. The van der Waals surface area contributed by atoms with Gasteiger partial charge < -0.3 is 14.6 Å². The van der Waals surface area contributed by atoms with Crippen LogP contribution in [-0.4, -0.2) is 46.0 Å². The molecule has 1 saturated heterocycles. The number of fused-ring (bicyclic) bond motifs is 3. The van der Waals surface area contributed by atoms with E-state index in [0.717, 1.165) is 28.8 Å². The van der Waals surface area contributed by atoms with Crippen molar-refractivity contribution in [3.8, 4) is 5.75 Å². The number of Topliss-reactive ketones (excluding diaryl/α,β-unsaturated/α-hetero) is 1. The van der Waals surface area contributed by atoms with Crippen LogP contribution in [0.3, 0.4) is 0 Å². The molecular weight excluding hydrogens is 466 g/mol. The van der Waals surface area contributed by atoms with Gasteiger partial charge in [0.2, 0.25) is 0 Å². The van der Waals surface area contributed by atoms with Crippen molar-refractivity contribution >= 4 is 22.7 Å². The Morgan fingerprint density at radius 1 is 1.06 bits per heavy atom. The van der Waals surface area contributed by atoms with E-state index in [9.17, 15) is 22.8 Å². The molecule has 1 fully saturated rings. The summed E-state index contributed by atoms with van der Waals surface area (Å²) in [5.74, 6) is -1.00. The standard InChI is InChI=1S/C25H23F4N3O3/c26-19-13-30-23-22(18-7-3-16(33)4-8-20(18)31-23)21(19)14-9-11-32(12-10-14)24(34)15-1-5-17(6-2-15)35-25(27,28)29/h1-2,5-6,13-14H,3-4,7-12H2,(H,30,31). The lowest BCUT2D eigenvalue weighted by atomic mass is 9.86. The number of ketones is 1. The van der Waals surface area contributed by atoms with E-state index in [-0.39, 0.29) is 29.0 Å². The fourth-order valence-corrected chi connectivity index (χ4v) is 5.17. The zero-order valence-electron chi connectivity index (χ0n) is 18.8. The number of amides is 1. The lowest BCUT2D eigenvalue weighted by Gasteiger charge is -2.33. The predicted molar refractivity (Wildman–Crippen MR) is 119 cm³/mol. The molecule has 3 heterocycles. The summed E-state index contributed by atoms with van der Waals surface area (Å²) in [7, 11) is 0. The van der Waals surface area contributed by atoms with Crippen molar-refractivity contribution in [1.29, 1.82) is 0 Å². The van der Waals surface area contributed by atoms with E-state index < -0.39 is 12.1 Å². The number of aromatic nitrogens is 2. The number of nitrogens with one attached hydrogen (secondary N) is 1. The van der Waals surface area contributed by atoms with Gasteiger partial charge in [-0.1, -0.05) is 0 Å². The minimum atomic E-state index is -4.80. The third kappa shape index (κ3) is 4.74. The number of alkyl halides is 3. The summed E-state index contributed by atoms with van der Waals surface area (Å²) in [6.45, 7) is 0.775. The van der Waals surface area contributed by atoms with Crippen LogP contribution in [0, 0.1) is 5.82 Å². The molecule has 1 N–H and O–H groups in total. The summed E-state index contributed by atoms with van der Waals surface area (Å²) in [6.07, 6.45) is -0.471. The van der Waals surface area contributed by atoms with Crippen LogP contribution < -0.4 is 4.74 Å². The number of hydrogen-bond donors (Lipinski definition) is 1. The Morgan fingerprint density at radius 2 is 1.74 bits per heavy atom. The molecule has 6 nitrogen and oxygen atoms in total. The minimum Gasteiger partial charge on any atom is -0.406 e. The van der Waals surface area contributed by atoms with E-state index in [2.05, 4.69) is 14.7 Å². The second kappa shape index (κ2) is 8.98. The molecule has 35 heavy (non-hydrogen) atoms. The van der Waals surface area contributed by atoms with E-state index in [0.29, 0.717) is 62.8 Å². The smallest absolute Gasteiger partial charge is 0.406 e. The molecule has 184 valence electrons. The normalized spacial score (nSPS) is 17.4. The fraction of sp³-hybridized carbons (Fsp3) is 0.400. The zero-order chi connectivity index (χ0) is 24.7. The van der Waals surface area contributed by atoms with Gasteiger partial charge in [0.25, 0.3) is 5.91 Å². The highest BCUT2D eigenvalue weighted by Gasteiger charge is 2.32. The van der Waals surface area contributed by atoms with Gasteiger partial charge in [-0.2, -0.15) is 0 Å². The minimum absolute atomic E-state index is 0.119. The van der Waals surface area contributed by atoms with E-state index in [1.54, 1.807) is 4.90 Å². The lowest BCUT2D eigenvalue weighted by molar-refractivity contribution is -0.274. The van der Waals surface area contributed by atoms with E-state index in [4.69, 9.17) is 0 Å².